The van der Waals surface area contributed by atoms with Gasteiger partial charge in [0.1, 0.15) is 5.52 Å². The molecule has 5 heteroatoms. The lowest BCUT2D eigenvalue weighted by Gasteiger charge is -2.09. The van der Waals surface area contributed by atoms with Gasteiger partial charge in [-0.3, -0.25) is 9.78 Å². The molecule has 1 aromatic carbocycles. The lowest BCUT2D eigenvalue weighted by Crippen LogP contribution is -2.21. The number of rotatable bonds is 2. The van der Waals surface area contributed by atoms with Gasteiger partial charge in [-0.15, -0.1) is 0 Å². The fraction of sp³-hybridized carbons (Fsp3) is 0.133. The van der Waals surface area contributed by atoms with Crippen molar-refractivity contribution in [2.45, 2.75) is 0 Å². The third kappa shape index (κ3) is 2.14. The summed E-state index contributed by atoms with van der Waals surface area (Å²) < 4.78 is 5.67. The molecule has 0 fully saturated rings. The Morgan fingerprint density at radius 3 is 2.80 bits per heavy atom. The van der Waals surface area contributed by atoms with E-state index in [0.717, 1.165) is 5.56 Å². The van der Waals surface area contributed by atoms with Gasteiger partial charge in [-0.25, -0.2) is 4.98 Å². The average molecular weight is 267 g/mol. The van der Waals surface area contributed by atoms with E-state index in [0.29, 0.717) is 22.6 Å². The number of carbonyl (C=O) groups is 1. The third-order valence-electron chi connectivity index (χ3n) is 2.95. The highest BCUT2D eigenvalue weighted by molar-refractivity contribution is 5.97. The smallest absolute Gasteiger partial charge is 0.253 e. The largest absolute Gasteiger partial charge is 0.436 e. The molecule has 0 N–H and O–H groups in total. The zero-order chi connectivity index (χ0) is 14.1. The first-order chi connectivity index (χ1) is 9.65. The van der Waals surface area contributed by atoms with E-state index in [1.165, 1.54) is 4.90 Å². The molecular weight excluding hydrogens is 254 g/mol. The Hall–Kier alpha value is -2.69. The number of nitrogens with zero attached hydrogens (tertiary/aromatic N) is 3. The summed E-state index contributed by atoms with van der Waals surface area (Å²) in [6, 6.07) is 8.94. The summed E-state index contributed by atoms with van der Waals surface area (Å²) in [6.07, 6.45) is 3.39. The molecule has 3 aromatic rings. The number of pyridine rings is 1. The Kier molecular flexibility index (Phi) is 2.95. The topological polar surface area (TPSA) is 59.2 Å². The van der Waals surface area contributed by atoms with Crippen LogP contribution in [-0.4, -0.2) is 34.9 Å². The first-order valence-electron chi connectivity index (χ1n) is 6.18. The molecule has 1 amide bonds. The molecule has 2 heterocycles. The molecular formula is C15H13N3O2. The molecule has 5 nitrogen and oxygen atoms in total. The van der Waals surface area contributed by atoms with Crippen LogP contribution in [0.5, 0.6) is 0 Å². The van der Waals surface area contributed by atoms with Crippen molar-refractivity contribution in [3.05, 3.63) is 48.3 Å². The van der Waals surface area contributed by atoms with E-state index < -0.39 is 0 Å². The molecule has 100 valence electrons. The molecule has 0 unspecified atom stereocenters. The van der Waals surface area contributed by atoms with Gasteiger partial charge in [0, 0.05) is 32.1 Å². The van der Waals surface area contributed by atoms with Crippen LogP contribution in [0.3, 0.4) is 0 Å². The Balaban J connectivity index is 2.06. The number of amides is 1. The zero-order valence-electron chi connectivity index (χ0n) is 11.2. The summed E-state index contributed by atoms with van der Waals surface area (Å²) in [5, 5.41) is 0. The number of aromatic nitrogens is 2. The van der Waals surface area contributed by atoms with Crippen molar-refractivity contribution in [1.82, 2.24) is 14.9 Å². The summed E-state index contributed by atoms with van der Waals surface area (Å²) in [7, 11) is 3.44. The number of hydrogen-bond donors (Lipinski definition) is 0. The van der Waals surface area contributed by atoms with Gasteiger partial charge in [0.25, 0.3) is 5.91 Å². The van der Waals surface area contributed by atoms with Crippen molar-refractivity contribution >= 4 is 17.0 Å². The Labute approximate surface area is 115 Å². The van der Waals surface area contributed by atoms with E-state index in [1.54, 1.807) is 44.7 Å². The minimum Gasteiger partial charge on any atom is -0.436 e. The van der Waals surface area contributed by atoms with Gasteiger partial charge in [-0.05, 0) is 30.3 Å². The summed E-state index contributed by atoms with van der Waals surface area (Å²) >= 11 is 0. The van der Waals surface area contributed by atoms with Gasteiger partial charge in [-0.2, -0.15) is 0 Å². The Bertz CT molecular complexity index is 763. The van der Waals surface area contributed by atoms with Crippen molar-refractivity contribution in [2.24, 2.45) is 0 Å². The predicted molar refractivity (Wildman–Crippen MR) is 75.3 cm³/mol. The second-order valence-electron chi connectivity index (χ2n) is 4.64. The summed E-state index contributed by atoms with van der Waals surface area (Å²) in [5.74, 6) is 0.445. The van der Waals surface area contributed by atoms with Gasteiger partial charge >= 0.3 is 0 Å². The second-order valence-corrected chi connectivity index (χ2v) is 4.64. The minimum absolute atomic E-state index is 0.0576. The van der Waals surface area contributed by atoms with Crippen LogP contribution < -0.4 is 0 Å². The molecule has 0 atom stereocenters. The number of carbonyl (C=O) groups excluding carboxylic acids is 1. The van der Waals surface area contributed by atoms with E-state index in [4.69, 9.17) is 4.42 Å². The fourth-order valence-corrected chi connectivity index (χ4v) is 1.93. The number of oxazole rings is 1. The van der Waals surface area contributed by atoms with Crippen LogP contribution in [0.1, 0.15) is 10.4 Å². The van der Waals surface area contributed by atoms with E-state index in [-0.39, 0.29) is 5.91 Å². The lowest BCUT2D eigenvalue weighted by atomic mass is 10.2. The van der Waals surface area contributed by atoms with Gasteiger partial charge in [0.2, 0.25) is 5.89 Å². The van der Waals surface area contributed by atoms with Crippen molar-refractivity contribution in [2.75, 3.05) is 14.1 Å². The van der Waals surface area contributed by atoms with Gasteiger partial charge in [0.05, 0.1) is 5.56 Å². The van der Waals surface area contributed by atoms with Crippen molar-refractivity contribution in [3.8, 4) is 11.5 Å². The average Bonchev–Trinajstić information content (AvgIpc) is 2.90. The van der Waals surface area contributed by atoms with E-state index in [9.17, 15) is 4.79 Å². The maximum absolute atomic E-state index is 11.9. The van der Waals surface area contributed by atoms with E-state index in [2.05, 4.69) is 9.97 Å². The number of hydrogen-bond acceptors (Lipinski definition) is 4. The van der Waals surface area contributed by atoms with Crippen LogP contribution in [-0.2, 0) is 0 Å². The SMILES string of the molecule is CN(C)C(=O)c1ccc2oc(-c3cccnc3)nc2c1. The molecule has 0 aliphatic rings. The van der Waals surface area contributed by atoms with Crippen molar-refractivity contribution in [3.63, 3.8) is 0 Å². The number of benzene rings is 1. The quantitative estimate of drug-likeness (QED) is 0.716. The number of fused-ring (bicyclic) bond motifs is 1. The van der Waals surface area contributed by atoms with Crippen LogP contribution in [0.4, 0.5) is 0 Å². The molecule has 0 aliphatic carbocycles. The van der Waals surface area contributed by atoms with Crippen LogP contribution in [0.15, 0.2) is 47.1 Å². The highest BCUT2D eigenvalue weighted by Crippen LogP contribution is 2.24. The fourth-order valence-electron chi connectivity index (χ4n) is 1.93. The molecule has 0 bridgehead atoms. The molecule has 0 aliphatic heterocycles. The molecule has 0 saturated heterocycles. The van der Waals surface area contributed by atoms with Gasteiger partial charge < -0.3 is 9.32 Å². The first kappa shape index (κ1) is 12.3. The third-order valence-corrected chi connectivity index (χ3v) is 2.95. The zero-order valence-corrected chi connectivity index (χ0v) is 11.2. The standard InChI is InChI=1S/C15H13N3O2/c1-18(2)15(19)10-5-6-13-12(8-10)17-14(20-13)11-4-3-7-16-9-11/h3-9H,1-2H3. The summed E-state index contributed by atoms with van der Waals surface area (Å²) in [4.78, 5) is 21.9. The molecule has 0 saturated carbocycles. The maximum Gasteiger partial charge on any atom is 0.253 e. The Morgan fingerprint density at radius 2 is 2.10 bits per heavy atom. The molecule has 2 aromatic heterocycles. The van der Waals surface area contributed by atoms with Crippen LogP contribution >= 0.6 is 0 Å². The van der Waals surface area contributed by atoms with E-state index >= 15 is 0 Å². The molecule has 0 spiro atoms. The Morgan fingerprint density at radius 1 is 1.25 bits per heavy atom. The molecule has 20 heavy (non-hydrogen) atoms. The molecule has 3 rings (SSSR count). The van der Waals surface area contributed by atoms with E-state index in [1.807, 2.05) is 12.1 Å². The van der Waals surface area contributed by atoms with Crippen LogP contribution in [0, 0.1) is 0 Å². The van der Waals surface area contributed by atoms with Crippen molar-refractivity contribution in [1.29, 1.82) is 0 Å². The normalized spacial score (nSPS) is 10.7. The monoisotopic (exact) mass is 267 g/mol. The highest BCUT2D eigenvalue weighted by atomic mass is 16.3. The highest BCUT2D eigenvalue weighted by Gasteiger charge is 2.12. The summed E-state index contributed by atoms with van der Waals surface area (Å²) in [5.41, 5.74) is 2.72. The van der Waals surface area contributed by atoms with Crippen molar-refractivity contribution < 1.29 is 9.21 Å². The molecule has 0 radical (unpaired) electrons. The van der Waals surface area contributed by atoms with Gasteiger partial charge in [-0.1, -0.05) is 0 Å². The second kappa shape index (κ2) is 4.77. The van der Waals surface area contributed by atoms with Gasteiger partial charge in [0.15, 0.2) is 5.58 Å². The minimum atomic E-state index is -0.0576. The maximum atomic E-state index is 11.9. The van der Waals surface area contributed by atoms with Crippen LogP contribution in [0.2, 0.25) is 0 Å². The summed E-state index contributed by atoms with van der Waals surface area (Å²) in [6.45, 7) is 0. The lowest BCUT2D eigenvalue weighted by molar-refractivity contribution is 0.0828. The first-order valence-corrected chi connectivity index (χ1v) is 6.18. The predicted octanol–water partition coefficient (Wildman–Crippen LogP) is 2.59. The van der Waals surface area contributed by atoms with Crippen LogP contribution in [0.25, 0.3) is 22.6 Å².